The van der Waals surface area contributed by atoms with Gasteiger partial charge < -0.3 is 0 Å². The van der Waals surface area contributed by atoms with Crippen LogP contribution in [0.15, 0.2) is 46.0 Å². The van der Waals surface area contributed by atoms with Gasteiger partial charge in [0.1, 0.15) is 4.90 Å². The maximum atomic E-state index is 12.7. The molecule has 0 aliphatic carbocycles. The molecule has 0 saturated heterocycles. The number of hydrogen-bond acceptors (Lipinski definition) is 3. The molecular weight excluding hydrogens is 314 g/mol. The highest BCUT2D eigenvalue weighted by Crippen LogP contribution is 2.25. The molecule has 0 saturated carbocycles. The van der Waals surface area contributed by atoms with Crippen LogP contribution in [-0.2, 0) is 16.6 Å². The first kappa shape index (κ1) is 15.5. The molecule has 0 bridgehead atoms. The van der Waals surface area contributed by atoms with Crippen molar-refractivity contribution >= 4 is 33.0 Å². The van der Waals surface area contributed by atoms with E-state index in [1.807, 2.05) is 23.8 Å². The van der Waals surface area contributed by atoms with Crippen molar-refractivity contribution in [2.24, 2.45) is 0 Å². The number of hydrogen-bond donors (Lipinski definition) is 0. The highest BCUT2D eigenvalue weighted by molar-refractivity contribution is 7.89. The fraction of sp³-hybridized carbons (Fsp3) is 0.286. The van der Waals surface area contributed by atoms with E-state index in [2.05, 4.69) is 0 Å². The number of nitrogens with zero attached hydrogens (tertiary/aromatic N) is 1. The molecule has 2 aromatic rings. The average molecular weight is 330 g/mol. The lowest BCUT2D eigenvalue weighted by atomic mass is 10.3. The minimum absolute atomic E-state index is 0.172. The fourth-order valence-electron chi connectivity index (χ4n) is 1.91. The summed E-state index contributed by atoms with van der Waals surface area (Å²) in [6.45, 7) is 2.82. The topological polar surface area (TPSA) is 37.4 Å². The summed E-state index contributed by atoms with van der Waals surface area (Å²) in [7, 11) is -3.56. The van der Waals surface area contributed by atoms with Crippen LogP contribution in [0, 0.1) is 0 Å². The van der Waals surface area contributed by atoms with Crippen LogP contribution >= 0.6 is 22.9 Å². The fourth-order valence-corrected chi connectivity index (χ4v) is 4.59. The van der Waals surface area contributed by atoms with E-state index in [1.165, 1.54) is 4.31 Å². The van der Waals surface area contributed by atoms with E-state index in [-0.39, 0.29) is 9.92 Å². The Hall–Kier alpha value is -0.880. The second-order valence-corrected chi connectivity index (χ2v) is 7.49. The summed E-state index contributed by atoms with van der Waals surface area (Å²) in [5.41, 5.74) is 0.999. The Bertz CT molecular complexity index is 654. The first-order valence-corrected chi connectivity index (χ1v) is 9.07. The van der Waals surface area contributed by atoms with E-state index in [1.54, 1.807) is 35.6 Å². The van der Waals surface area contributed by atoms with Gasteiger partial charge in [-0.1, -0.05) is 30.7 Å². The van der Waals surface area contributed by atoms with Crippen LogP contribution in [0.1, 0.15) is 18.9 Å². The average Bonchev–Trinajstić information content (AvgIpc) is 2.91. The standard InChI is InChI=1S/C14H16ClNO2S2/c1-2-8-16(10-12-7-9-19-11-12)20(17,18)14-6-4-3-5-13(14)15/h3-7,9,11H,2,8,10H2,1H3. The maximum Gasteiger partial charge on any atom is 0.244 e. The number of benzene rings is 1. The molecule has 0 unspecified atom stereocenters. The van der Waals surface area contributed by atoms with Gasteiger partial charge in [0.05, 0.1) is 5.02 Å². The van der Waals surface area contributed by atoms with Crippen LogP contribution in [-0.4, -0.2) is 19.3 Å². The molecule has 3 nitrogen and oxygen atoms in total. The zero-order chi connectivity index (χ0) is 14.6. The predicted molar refractivity (Wildman–Crippen MR) is 83.7 cm³/mol. The van der Waals surface area contributed by atoms with Crippen molar-refractivity contribution in [2.75, 3.05) is 6.54 Å². The number of thiophene rings is 1. The summed E-state index contributed by atoms with van der Waals surface area (Å²) in [6, 6.07) is 8.50. The van der Waals surface area contributed by atoms with Crippen LogP contribution in [0.3, 0.4) is 0 Å². The first-order chi connectivity index (χ1) is 9.55. The Morgan fingerprint density at radius 3 is 2.60 bits per heavy atom. The smallest absolute Gasteiger partial charge is 0.207 e. The molecule has 6 heteroatoms. The minimum Gasteiger partial charge on any atom is -0.207 e. The number of halogens is 1. The van der Waals surface area contributed by atoms with Gasteiger partial charge in [0.25, 0.3) is 0 Å². The summed E-state index contributed by atoms with van der Waals surface area (Å²) >= 11 is 7.59. The number of sulfonamides is 1. The Morgan fingerprint density at radius 2 is 2.00 bits per heavy atom. The third-order valence-corrected chi connectivity index (χ3v) is 5.94. The van der Waals surface area contributed by atoms with E-state index in [4.69, 9.17) is 11.6 Å². The zero-order valence-electron chi connectivity index (χ0n) is 11.1. The van der Waals surface area contributed by atoms with Gasteiger partial charge in [0.2, 0.25) is 10.0 Å². The van der Waals surface area contributed by atoms with Gasteiger partial charge in [-0.3, -0.25) is 0 Å². The molecule has 0 aliphatic heterocycles. The van der Waals surface area contributed by atoms with Crippen LogP contribution in [0.4, 0.5) is 0 Å². The van der Waals surface area contributed by atoms with E-state index in [0.29, 0.717) is 13.1 Å². The molecule has 2 rings (SSSR count). The van der Waals surface area contributed by atoms with Gasteiger partial charge in [-0.05, 0) is 40.9 Å². The summed E-state index contributed by atoms with van der Waals surface area (Å²) in [5.74, 6) is 0. The van der Waals surface area contributed by atoms with Gasteiger partial charge in [-0.25, -0.2) is 8.42 Å². The Morgan fingerprint density at radius 1 is 1.25 bits per heavy atom. The second-order valence-electron chi connectivity index (χ2n) is 4.40. The summed E-state index contributed by atoms with van der Waals surface area (Å²) in [6.07, 6.45) is 0.758. The van der Waals surface area contributed by atoms with Crippen LogP contribution < -0.4 is 0 Å². The molecule has 0 fully saturated rings. The summed E-state index contributed by atoms with van der Waals surface area (Å²) in [5, 5.41) is 4.17. The molecule has 1 aromatic heterocycles. The lowest BCUT2D eigenvalue weighted by Gasteiger charge is -2.21. The van der Waals surface area contributed by atoms with Gasteiger partial charge in [0, 0.05) is 13.1 Å². The predicted octanol–water partition coefficient (Wildman–Crippen LogP) is 4.00. The lowest BCUT2D eigenvalue weighted by Crippen LogP contribution is -2.31. The van der Waals surface area contributed by atoms with E-state index >= 15 is 0 Å². The third-order valence-electron chi connectivity index (χ3n) is 2.87. The zero-order valence-corrected chi connectivity index (χ0v) is 13.5. The van der Waals surface area contributed by atoms with Gasteiger partial charge >= 0.3 is 0 Å². The van der Waals surface area contributed by atoms with Crippen molar-refractivity contribution in [1.82, 2.24) is 4.31 Å². The molecule has 0 aliphatic rings. The molecule has 0 spiro atoms. The quantitative estimate of drug-likeness (QED) is 0.803. The van der Waals surface area contributed by atoms with Crippen LogP contribution in [0.5, 0.6) is 0 Å². The van der Waals surface area contributed by atoms with Crippen molar-refractivity contribution in [3.63, 3.8) is 0 Å². The van der Waals surface area contributed by atoms with E-state index in [9.17, 15) is 8.42 Å². The number of rotatable bonds is 6. The van der Waals surface area contributed by atoms with Crippen molar-refractivity contribution in [3.05, 3.63) is 51.7 Å². The minimum atomic E-state index is -3.56. The maximum absolute atomic E-state index is 12.7. The lowest BCUT2D eigenvalue weighted by molar-refractivity contribution is 0.406. The molecule has 0 amide bonds. The Balaban J connectivity index is 2.35. The third kappa shape index (κ3) is 3.41. The van der Waals surface area contributed by atoms with Crippen molar-refractivity contribution in [3.8, 4) is 0 Å². The summed E-state index contributed by atoms with van der Waals surface area (Å²) < 4.78 is 26.9. The van der Waals surface area contributed by atoms with Crippen molar-refractivity contribution in [1.29, 1.82) is 0 Å². The second kappa shape index (κ2) is 6.72. The van der Waals surface area contributed by atoms with Gasteiger partial charge in [-0.2, -0.15) is 15.6 Å². The van der Waals surface area contributed by atoms with Crippen LogP contribution in [0.25, 0.3) is 0 Å². The van der Waals surface area contributed by atoms with Gasteiger partial charge in [0.15, 0.2) is 0 Å². The van der Waals surface area contributed by atoms with Crippen LogP contribution in [0.2, 0.25) is 5.02 Å². The SMILES string of the molecule is CCCN(Cc1ccsc1)S(=O)(=O)c1ccccc1Cl. The highest BCUT2D eigenvalue weighted by Gasteiger charge is 2.26. The summed E-state index contributed by atoms with van der Waals surface area (Å²) in [4.78, 5) is 0.172. The molecule has 20 heavy (non-hydrogen) atoms. The molecular formula is C14H16ClNO2S2. The van der Waals surface area contributed by atoms with Crippen molar-refractivity contribution in [2.45, 2.75) is 24.8 Å². The first-order valence-electron chi connectivity index (χ1n) is 6.31. The molecule has 0 radical (unpaired) electrons. The Kier molecular flexibility index (Phi) is 5.21. The normalized spacial score (nSPS) is 11.9. The molecule has 108 valence electrons. The Labute approximate surface area is 128 Å². The highest BCUT2D eigenvalue weighted by atomic mass is 35.5. The molecule has 0 atom stereocenters. The molecule has 1 heterocycles. The van der Waals surface area contributed by atoms with E-state index in [0.717, 1.165) is 12.0 Å². The van der Waals surface area contributed by atoms with Gasteiger partial charge in [-0.15, -0.1) is 0 Å². The van der Waals surface area contributed by atoms with E-state index < -0.39 is 10.0 Å². The molecule has 1 aromatic carbocycles. The monoisotopic (exact) mass is 329 g/mol. The molecule has 0 N–H and O–H groups in total. The largest absolute Gasteiger partial charge is 0.244 e. The van der Waals surface area contributed by atoms with Crippen molar-refractivity contribution < 1.29 is 8.42 Å².